The van der Waals surface area contributed by atoms with E-state index in [0.29, 0.717) is 23.4 Å². The van der Waals surface area contributed by atoms with Gasteiger partial charge in [0.15, 0.2) is 11.5 Å². The van der Waals surface area contributed by atoms with Crippen LogP contribution in [0.3, 0.4) is 0 Å². The molecule has 0 aromatic carbocycles. The van der Waals surface area contributed by atoms with Crippen molar-refractivity contribution in [1.29, 1.82) is 0 Å². The topological polar surface area (TPSA) is 104 Å². The Hall–Kier alpha value is -2.02. The number of aliphatic hydroxyl groups is 1. The van der Waals surface area contributed by atoms with Crippen molar-refractivity contribution in [3.63, 3.8) is 0 Å². The average Bonchev–Trinajstić information content (AvgIpc) is 2.75. The summed E-state index contributed by atoms with van der Waals surface area (Å²) in [7, 11) is 0. The van der Waals surface area contributed by atoms with Gasteiger partial charge in [-0.1, -0.05) is 0 Å². The molecule has 0 spiro atoms. The maximum Gasteiger partial charge on any atom is 0.225 e. The fraction of sp³-hybridized carbons (Fsp3) is 0.333. The van der Waals surface area contributed by atoms with Crippen LogP contribution in [0.25, 0.3) is 11.2 Å². The number of aromatic nitrogens is 4. The molecule has 3 N–H and O–H groups in total. The van der Waals surface area contributed by atoms with Gasteiger partial charge in [-0.25, -0.2) is 15.0 Å². The fourth-order valence-corrected chi connectivity index (χ4v) is 1.29. The number of imidazole rings is 1. The van der Waals surface area contributed by atoms with Crippen molar-refractivity contribution in [2.24, 2.45) is 0 Å². The highest BCUT2D eigenvalue weighted by Gasteiger charge is 2.08. The highest BCUT2D eigenvalue weighted by atomic mass is 16.3. The van der Waals surface area contributed by atoms with E-state index in [2.05, 4.69) is 25.3 Å². The van der Waals surface area contributed by atoms with Crippen LogP contribution in [0.5, 0.6) is 0 Å². The number of H-pyrrole nitrogens is 1. The minimum absolute atomic E-state index is 0.00331. The van der Waals surface area contributed by atoms with Gasteiger partial charge in [-0.15, -0.1) is 0 Å². The number of rotatable bonds is 4. The second-order valence-electron chi connectivity index (χ2n) is 3.20. The molecule has 0 aliphatic rings. The zero-order chi connectivity index (χ0) is 11.4. The highest BCUT2D eigenvalue weighted by Crippen LogP contribution is 2.14. The lowest BCUT2D eigenvalue weighted by atomic mass is 10.3. The summed E-state index contributed by atoms with van der Waals surface area (Å²) in [4.78, 5) is 26.1. The minimum atomic E-state index is -0.191. The summed E-state index contributed by atoms with van der Waals surface area (Å²) in [6, 6.07) is 0. The minimum Gasteiger partial charge on any atom is -0.396 e. The van der Waals surface area contributed by atoms with Gasteiger partial charge in [-0.3, -0.25) is 4.79 Å². The molecule has 0 atom stereocenters. The van der Waals surface area contributed by atoms with Crippen LogP contribution in [0, 0.1) is 0 Å². The van der Waals surface area contributed by atoms with E-state index in [0.717, 1.165) is 0 Å². The summed E-state index contributed by atoms with van der Waals surface area (Å²) in [5, 5.41) is 11.2. The monoisotopic (exact) mass is 221 g/mol. The van der Waals surface area contributed by atoms with Crippen molar-refractivity contribution in [2.45, 2.75) is 12.8 Å². The highest BCUT2D eigenvalue weighted by molar-refractivity contribution is 5.96. The summed E-state index contributed by atoms with van der Waals surface area (Å²) >= 11 is 0. The van der Waals surface area contributed by atoms with Gasteiger partial charge in [-0.2, -0.15) is 0 Å². The van der Waals surface area contributed by atoms with Crippen LogP contribution in [0.4, 0.5) is 5.82 Å². The van der Waals surface area contributed by atoms with E-state index in [-0.39, 0.29) is 18.9 Å². The second-order valence-corrected chi connectivity index (χ2v) is 3.20. The Morgan fingerprint density at radius 1 is 1.44 bits per heavy atom. The average molecular weight is 221 g/mol. The van der Waals surface area contributed by atoms with E-state index in [4.69, 9.17) is 5.11 Å². The Balaban J connectivity index is 2.14. The van der Waals surface area contributed by atoms with E-state index >= 15 is 0 Å². The van der Waals surface area contributed by atoms with E-state index in [9.17, 15) is 4.79 Å². The molecule has 0 aliphatic heterocycles. The van der Waals surface area contributed by atoms with Crippen LogP contribution in [0.2, 0.25) is 0 Å². The number of aliphatic hydroxyl groups excluding tert-OH is 1. The number of aromatic amines is 1. The van der Waals surface area contributed by atoms with Crippen molar-refractivity contribution in [3.05, 3.63) is 12.7 Å². The van der Waals surface area contributed by atoms with E-state index in [1.54, 1.807) is 0 Å². The maximum absolute atomic E-state index is 11.4. The molecular weight excluding hydrogens is 210 g/mol. The van der Waals surface area contributed by atoms with Crippen LogP contribution in [0.1, 0.15) is 12.8 Å². The van der Waals surface area contributed by atoms with Crippen LogP contribution < -0.4 is 5.32 Å². The second kappa shape index (κ2) is 4.67. The van der Waals surface area contributed by atoms with Gasteiger partial charge >= 0.3 is 0 Å². The normalized spacial score (nSPS) is 10.6. The van der Waals surface area contributed by atoms with Gasteiger partial charge in [0.05, 0.1) is 6.33 Å². The van der Waals surface area contributed by atoms with E-state index in [1.165, 1.54) is 12.7 Å². The third-order valence-electron chi connectivity index (χ3n) is 2.04. The Kier molecular flexibility index (Phi) is 3.06. The van der Waals surface area contributed by atoms with Crippen LogP contribution in [-0.4, -0.2) is 37.6 Å². The SMILES string of the molecule is O=C(CCCO)Nc1ncnc2nc[nH]c12. The molecule has 2 heterocycles. The first kappa shape index (κ1) is 10.5. The largest absolute Gasteiger partial charge is 0.396 e. The standard InChI is InChI=1S/C9H11N5O2/c15-3-1-2-6(16)14-9-7-8(11-4-10-7)12-5-13-9/h4-5,15H,1-3H2,(H2,10,11,12,13,14,16). The molecule has 84 valence electrons. The van der Waals surface area contributed by atoms with Crippen molar-refractivity contribution < 1.29 is 9.90 Å². The van der Waals surface area contributed by atoms with Crippen molar-refractivity contribution in [1.82, 2.24) is 19.9 Å². The smallest absolute Gasteiger partial charge is 0.225 e. The molecule has 0 radical (unpaired) electrons. The van der Waals surface area contributed by atoms with Crippen LogP contribution >= 0.6 is 0 Å². The number of fused-ring (bicyclic) bond motifs is 1. The molecule has 7 nitrogen and oxygen atoms in total. The number of amides is 1. The lowest BCUT2D eigenvalue weighted by Gasteiger charge is -2.03. The number of carbonyl (C=O) groups is 1. The van der Waals surface area contributed by atoms with Crippen molar-refractivity contribution in [3.8, 4) is 0 Å². The molecule has 0 fully saturated rings. The summed E-state index contributed by atoms with van der Waals surface area (Å²) in [6.07, 6.45) is 3.52. The molecule has 0 aliphatic carbocycles. The zero-order valence-electron chi connectivity index (χ0n) is 8.47. The molecule has 0 saturated carbocycles. The zero-order valence-corrected chi connectivity index (χ0v) is 8.47. The molecule has 1 amide bonds. The summed E-state index contributed by atoms with van der Waals surface area (Å²) in [5.74, 6) is 0.217. The first-order valence-corrected chi connectivity index (χ1v) is 4.86. The summed E-state index contributed by atoms with van der Waals surface area (Å²) < 4.78 is 0. The maximum atomic E-state index is 11.4. The molecule has 16 heavy (non-hydrogen) atoms. The molecule has 2 aromatic rings. The third-order valence-corrected chi connectivity index (χ3v) is 2.04. The number of hydrogen-bond acceptors (Lipinski definition) is 5. The summed E-state index contributed by atoms with van der Waals surface area (Å²) in [5.41, 5.74) is 1.10. The van der Waals surface area contributed by atoms with Gasteiger partial charge in [0.1, 0.15) is 11.8 Å². The first-order chi connectivity index (χ1) is 7.81. The third kappa shape index (κ3) is 2.14. The van der Waals surface area contributed by atoms with Crippen molar-refractivity contribution in [2.75, 3.05) is 11.9 Å². The molecule has 7 heteroatoms. The quantitative estimate of drug-likeness (QED) is 0.677. The number of carbonyl (C=O) groups excluding carboxylic acids is 1. The lowest BCUT2D eigenvalue weighted by Crippen LogP contribution is -2.13. The Morgan fingerprint density at radius 2 is 2.31 bits per heavy atom. The number of nitrogens with one attached hydrogen (secondary N) is 2. The lowest BCUT2D eigenvalue weighted by molar-refractivity contribution is -0.116. The Morgan fingerprint density at radius 3 is 3.12 bits per heavy atom. The molecule has 0 unspecified atom stereocenters. The van der Waals surface area contributed by atoms with Crippen LogP contribution in [-0.2, 0) is 4.79 Å². The van der Waals surface area contributed by atoms with Gasteiger partial charge in [0.25, 0.3) is 0 Å². The van der Waals surface area contributed by atoms with Gasteiger partial charge in [0, 0.05) is 13.0 Å². The molecule has 0 bridgehead atoms. The van der Waals surface area contributed by atoms with Crippen molar-refractivity contribution >= 4 is 22.9 Å². The number of anilines is 1. The number of nitrogens with zero attached hydrogens (tertiary/aromatic N) is 3. The molecular formula is C9H11N5O2. The summed E-state index contributed by atoms with van der Waals surface area (Å²) in [6.45, 7) is -0.00331. The predicted molar refractivity (Wildman–Crippen MR) is 56.6 cm³/mol. The predicted octanol–water partition coefficient (Wildman–Crippen LogP) is 0.0639. The van der Waals surface area contributed by atoms with Gasteiger partial charge in [0.2, 0.25) is 5.91 Å². The van der Waals surface area contributed by atoms with E-state index in [1.807, 2.05) is 0 Å². The first-order valence-electron chi connectivity index (χ1n) is 4.86. The number of hydrogen-bond donors (Lipinski definition) is 3. The van der Waals surface area contributed by atoms with Crippen LogP contribution in [0.15, 0.2) is 12.7 Å². The Bertz CT molecular complexity index is 495. The molecule has 2 aromatic heterocycles. The van der Waals surface area contributed by atoms with E-state index < -0.39 is 0 Å². The fourth-order valence-electron chi connectivity index (χ4n) is 1.29. The van der Waals surface area contributed by atoms with Gasteiger partial charge in [-0.05, 0) is 6.42 Å². The Labute approximate surface area is 90.9 Å². The molecule has 2 rings (SSSR count). The van der Waals surface area contributed by atoms with Gasteiger partial charge < -0.3 is 15.4 Å². The molecule has 0 saturated heterocycles.